The third-order valence-corrected chi connectivity index (χ3v) is 3.95. The van der Waals surface area contributed by atoms with E-state index in [1.54, 1.807) is 0 Å². The molecule has 0 radical (unpaired) electrons. The van der Waals surface area contributed by atoms with Gasteiger partial charge in [0.25, 0.3) is 0 Å². The minimum Gasteiger partial charge on any atom is -0.326 e. The molecule has 0 saturated carbocycles. The van der Waals surface area contributed by atoms with Crippen molar-refractivity contribution in [2.24, 2.45) is 0 Å². The fraction of sp³-hybridized carbons (Fsp3) is 0.353. The average molecular weight is 311 g/mol. The van der Waals surface area contributed by atoms with Crippen LogP contribution >= 0.6 is 0 Å². The first-order valence-corrected chi connectivity index (χ1v) is 7.73. The van der Waals surface area contributed by atoms with Gasteiger partial charge in [0.15, 0.2) is 0 Å². The molecule has 1 aromatic carbocycles. The van der Waals surface area contributed by atoms with Gasteiger partial charge in [-0.3, -0.25) is 14.6 Å². The first-order valence-electron chi connectivity index (χ1n) is 7.73. The summed E-state index contributed by atoms with van der Waals surface area (Å²) < 4.78 is 1.93. The molecule has 0 unspecified atom stereocenters. The van der Waals surface area contributed by atoms with Gasteiger partial charge in [0.1, 0.15) is 0 Å². The number of aromatic amines is 1. The minimum atomic E-state index is -0.0480. The lowest BCUT2D eigenvalue weighted by atomic mass is 10.1. The summed E-state index contributed by atoms with van der Waals surface area (Å²) in [6.07, 6.45) is 2.32. The van der Waals surface area contributed by atoms with Crippen LogP contribution in [0.25, 0.3) is 10.9 Å². The smallest absolute Gasteiger partial charge is 0.228 e. The Bertz CT molecular complexity index is 840. The van der Waals surface area contributed by atoms with Gasteiger partial charge in [0, 0.05) is 34.6 Å². The second-order valence-electron chi connectivity index (χ2n) is 6.11. The van der Waals surface area contributed by atoms with Crippen molar-refractivity contribution in [3.63, 3.8) is 0 Å². The molecule has 3 rings (SSSR count). The van der Waals surface area contributed by atoms with Crippen molar-refractivity contribution in [2.45, 2.75) is 40.2 Å². The lowest BCUT2D eigenvalue weighted by molar-refractivity contribution is -0.115. The number of amides is 1. The second-order valence-corrected chi connectivity index (χ2v) is 6.11. The van der Waals surface area contributed by atoms with Crippen LogP contribution in [0.3, 0.4) is 0 Å². The maximum absolute atomic E-state index is 12.3. The topological polar surface area (TPSA) is 75.6 Å². The maximum atomic E-state index is 12.3. The van der Waals surface area contributed by atoms with E-state index in [9.17, 15) is 4.79 Å². The van der Waals surface area contributed by atoms with E-state index in [4.69, 9.17) is 0 Å². The Morgan fingerprint density at radius 2 is 2.13 bits per heavy atom. The van der Waals surface area contributed by atoms with Crippen LogP contribution in [0.1, 0.15) is 36.8 Å². The highest BCUT2D eigenvalue weighted by atomic mass is 16.1. The normalized spacial score (nSPS) is 11.3. The van der Waals surface area contributed by atoms with Crippen LogP contribution < -0.4 is 5.32 Å². The molecule has 0 bridgehead atoms. The van der Waals surface area contributed by atoms with E-state index in [1.807, 2.05) is 42.9 Å². The number of carbonyl (C=O) groups excluding carboxylic acids is 1. The fourth-order valence-corrected chi connectivity index (χ4v) is 2.59. The van der Waals surface area contributed by atoms with Crippen LogP contribution in [0.5, 0.6) is 0 Å². The number of anilines is 1. The van der Waals surface area contributed by atoms with Gasteiger partial charge in [-0.1, -0.05) is 0 Å². The number of hydrogen-bond acceptors (Lipinski definition) is 3. The predicted molar refractivity (Wildman–Crippen MR) is 90.5 cm³/mol. The number of aryl methyl sites for hydroxylation is 2. The number of rotatable bonds is 4. The summed E-state index contributed by atoms with van der Waals surface area (Å²) in [7, 11) is 0. The van der Waals surface area contributed by atoms with Crippen LogP contribution in [0, 0.1) is 13.8 Å². The monoisotopic (exact) mass is 311 g/mol. The fourth-order valence-electron chi connectivity index (χ4n) is 2.59. The molecular formula is C17H21N5O. The quantitative estimate of drug-likeness (QED) is 0.777. The Labute approximate surface area is 134 Å². The zero-order valence-corrected chi connectivity index (χ0v) is 13.8. The van der Waals surface area contributed by atoms with Gasteiger partial charge < -0.3 is 5.32 Å². The molecule has 23 heavy (non-hydrogen) atoms. The summed E-state index contributed by atoms with van der Waals surface area (Å²) in [4.78, 5) is 12.3. The van der Waals surface area contributed by atoms with Gasteiger partial charge in [-0.2, -0.15) is 10.2 Å². The lowest BCUT2D eigenvalue weighted by Crippen LogP contribution is -2.15. The van der Waals surface area contributed by atoms with E-state index < -0.39 is 0 Å². The molecule has 3 aromatic rings. The number of carbonyl (C=O) groups is 1. The van der Waals surface area contributed by atoms with Crippen LogP contribution in [0.4, 0.5) is 5.69 Å². The van der Waals surface area contributed by atoms with E-state index in [1.165, 1.54) is 0 Å². The van der Waals surface area contributed by atoms with Crippen LogP contribution in [0.15, 0.2) is 24.4 Å². The standard InChI is InChI=1S/C17H21N5O/c1-10(2)22-9-13-7-14(5-6-16(13)21-22)18-17(23)8-15-11(3)19-20-12(15)4/h5-7,9-10H,8H2,1-4H3,(H,18,23)(H,19,20). The van der Waals surface area contributed by atoms with Crippen LogP contribution in [-0.2, 0) is 11.2 Å². The molecule has 0 atom stereocenters. The van der Waals surface area contributed by atoms with E-state index >= 15 is 0 Å². The molecular weight excluding hydrogens is 290 g/mol. The minimum absolute atomic E-state index is 0.0480. The predicted octanol–water partition coefficient (Wildman–Crippen LogP) is 3.14. The number of nitrogens with zero attached hydrogens (tertiary/aromatic N) is 3. The van der Waals surface area contributed by atoms with Gasteiger partial charge >= 0.3 is 0 Å². The van der Waals surface area contributed by atoms with Crippen molar-refractivity contribution in [3.8, 4) is 0 Å². The Hall–Kier alpha value is -2.63. The third kappa shape index (κ3) is 3.11. The van der Waals surface area contributed by atoms with Crippen molar-refractivity contribution < 1.29 is 4.79 Å². The molecule has 6 nitrogen and oxygen atoms in total. The van der Waals surface area contributed by atoms with Gasteiger partial charge in [-0.05, 0) is 45.9 Å². The summed E-state index contributed by atoms with van der Waals surface area (Å²) in [5.41, 5.74) is 4.47. The molecule has 0 saturated heterocycles. The lowest BCUT2D eigenvalue weighted by Gasteiger charge is -2.05. The largest absolute Gasteiger partial charge is 0.326 e. The van der Waals surface area contributed by atoms with Gasteiger partial charge in [-0.25, -0.2) is 0 Å². The summed E-state index contributed by atoms with van der Waals surface area (Å²) in [5, 5.41) is 15.5. The van der Waals surface area contributed by atoms with E-state index in [0.29, 0.717) is 12.5 Å². The van der Waals surface area contributed by atoms with Gasteiger partial charge in [0.05, 0.1) is 17.6 Å². The number of aromatic nitrogens is 4. The molecule has 0 spiro atoms. The highest BCUT2D eigenvalue weighted by Crippen LogP contribution is 2.20. The van der Waals surface area contributed by atoms with Crippen molar-refractivity contribution in [2.75, 3.05) is 5.32 Å². The highest BCUT2D eigenvalue weighted by Gasteiger charge is 2.12. The molecule has 2 N–H and O–H groups in total. The second kappa shape index (κ2) is 5.87. The maximum Gasteiger partial charge on any atom is 0.228 e. The molecule has 1 amide bonds. The van der Waals surface area contributed by atoms with Crippen LogP contribution in [-0.4, -0.2) is 25.9 Å². The number of fused-ring (bicyclic) bond motifs is 1. The van der Waals surface area contributed by atoms with Gasteiger partial charge in [-0.15, -0.1) is 0 Å². The Kier molecular flexibility index (Phi) is 3.90. The molecule has 2 aromatic heterocycles. The molecule has 0 fully saturated rings. The number of benzene rings is 1. The zero-order chi connectivity index (χ0) is 16.6. The molecule has 0 aliphatic carbocycles. The average Bonchev–Trinajstić information content (AvgIpc) is 3.05. The molecule has 0 aliphatic rings. The highest BCUT2D eigenvalue weighted by molar-refractivity contribution is 5.94. The molecule has 2 heterocycles. The Morgan fingerprint density at radius 1 is 1.35 bits per heavy atom. The summed E-state index contributed by atoms with van der Waals surface area (Å²) in [5.74, 6) is -0.0480. The summed E-state index contributed by atoms with van der Waals surface area (Å²) in [6.45, 7) is 8.00. The number of H-pyrrole nitrogens is 1. The first kappa shape index (κ1) is 15.3. The number of nitrogens with one attached hydrogen (secondary N) is 2. The SMILES string of the molecule is Cc1n[nH]c(C)c1CC(=O)Nc1ccc2nn(C(C)C)cc2c1. The molecule has 0 aliphatic heterocycles. The van der Waals surface area contributed by atoms with Gasteiger partial charge in [0.2, 0.25) is 5.91 Å². The van der Waals surface area contributed by atoms with Crippen molar-refractivity contribution in [1.29, 1.82) is 0 Å². The van der Waals surface area contributed by atoms with Crippen molar-refractivity contribution >= 4 is 22.5 Å². The Morgan fingerprint density at radius 3 is 2.78 bits per heavy atom. The van der Waals surface area contributed by atoms with Crippen molar-refractivity contribution in [3.05, 3.63) is 41.3 Å². The van der Waals surface area contributed by atoms with E-state index in [-0.39, 0.29) is 5.91 Å². The zero-order valence-electron chi connectivity index (χ0n) is 13.8. The third-order valence-electron chi connectivity index (χ3n) is 3.95. The number of hydrogen-bond donors (Lipinski definition) is 2. The summed E-state index contributed by atoms with van der Waals surface area (Å²) >= 11 is 0. The summed E-state index contributed by atoms with van der Waals surface area (Å²) in [6, 6.07) is 6.08. The van der Waals surface area contributed by atoms with E-state index in [0.717, 1.165) is 33.5 Å². The molecule has 6 heteroatoms. The van der Waals surface area contributed by atoms with E-state index in [2.05, 4.69) is 34.5 Å². The first-order chi connectivity index (χ1) is 10.9. The Balaban J connectivity index is 1.77. The molecule has 120 valence electrons. The van der Waals surface area contributed by atoms with Crippen LogP contribution in [0.2, 0.25) is 0 Å². The van der Waals surface area contributed by atoms with Crippen molar-refractivity contribution in [1.82, 2.24) is 20.0 Å².